The van der Waals surface area contributed by atoms with Crippen LogP contribution in [0.4, 0.5) is 0 Å². The Labute approximate surface area is 212 Å². The third-order valence-electron chi connectivity index (χ3n) is 6.46. The third kappa shape index (κ3) is 5.30. The number of rotatable bonds is 9. The van der Waals surface area contributed by atoms with Crippen molar-refractivity contribution < 1.29 is 22.7 Å². The molecule has 0 spiro atoms. The lowest BCUT2D eigenvalue weighted by molar-refractivity contribution is -0.137. The predicted octanol–water partition coefficient (Wildman–Crippen LogP) is 2.86. The molecule has 0 saturated heterocycles. The molecule has 4 rings (SSSR count). The van der Waals surface area contributed by atoms with Gasteiger partial charge in [0.15, 0.2) is 0 Å². The standard InChI is InChI=1S/C26H32N4O5S/c1-19-15-23(34-4)16-20(2)26(19)36(32,33)28(3)13-14-35-18-25(31)29-11-12-30-22(17-29)5-6-24(30)21-7-9-27-10-8-21/h5-10,15-16H,11-14,17-18H2,1-4H3. The van der Waals surface area contributed by atoms with Crippen LogP contribution < -0.4 is 4.74 Å². The largest absolute Gasteiger partial charge is 0.497 e. The number of amides is 1. The van der Waals surface area contributed by atoms with Crippen molar-refractivity contribution in [2.45, 2.75) is 31.8 Å². The minimum Gasteiger partial charge on any atom is -0.497 e. The van der Waals surface area contributed by atoms with Gasteiger partial charge in [-0.2, -0.15) is 4.31 Å². The molecule has 0 saturated carbocycles. The molecule has 1 aliphatic heterocycles. The summed E-state index contributed by atoms with van der Waals surface area (Å²) in [6, 6.07) is 11.5. The first-order valence-electron chi connectivity index (χ1n) is 11.8. The number of aryl methyl sites for hydroxylation is 2. The average molecular weight is 513 g/mol. The summed E-state index contributed by atoms with van der Waals surface area (Å²) < 4.78 is 40.5. The predicted molar refractivity (Wildman–Crippen MR) is 136 cm³/mol. The van der Waals surface area contributed by atoms with Crippen LogP contribution in [0.25, 0.3) is 11.3 Å². The minimum atomic E-state index is -3.70. The van der Waals surface area contributed by atoms with Gasteiger partial charge in [0, 0.05) is 56.0 Å². The summed E-state index contributed by atoms with van der Waals surface area (Å²) >= 11 is 0. The van der Waals surface area contributed by atoms with Crippen molar-refractivity contribution in [2.75, 3.05) is 40.5 Å². The number of pyridine rings is 1. The number of hydrogen-bond donors (Lipinski definition) is 0. The number of aromatic nitrogens is 2. The third-order valence-corrected chi connectivity index (χ3v) is 8.62. The first kappa shape index (κ1) is 25.9. The van der Waals surface area contributed by atoms with Gasteiger partial charge in [0.2, 0.25) is 15.9 Å². The number of methoxy groups -OCH3 is 1. The number of carbonyl (C=O) groups is 1. The van der Waals surface area contributed by atoms with Crippen molar-refractivity contribution in [3.8, 4) is 17.0 Å². The molecule has 36 heavy (non-hydrogen) atoms. The molecule has 0 fully saturated rings. The molecule has 1 amide bonds. The Bertz CT molecular complexity index is 1310. The number of ether oxygens (including phenoxy) is 2. The second-order valence-electron chi connectivity index (χ2n) is 8.88. The van der Waals surface area contributed by atoms with Gasteiger partial charge in [-0.1, -0.05) is 0 Å². The van der Waals surface area contributed by atoms with Gasteiger partial charge in [-0.15, -0.1) is 0 Å². The first-order chi connectivity index (χ1) is 17.2. The van der Waals surface area contributed by atoms with E-state index in [-0.39, 0.29) is 30.6 Å². The molecular weight excluding hydrogens is 480 g/mol. The van der Waals surface area contributed by atoms with Crippen LogP contribution in [-0.4, -0.2) is 73.5 Å². The number of likely N-dealkylation sites (N-methyl/N-ethyl adjacent to an activating group) is 1. The lowest BCUT2D eigenvalue weighted by atomic mass is 10.1. The molecule has 2 aromatic heterocycles. The van der Waals surface area contributed by atoms with Crippen LogP contribution in [0.15, 0.2) is 53.7 Å². The van der Waals surface area contributed by atoms with Crippen LogP contribution in [0.5, 0.6) is 5.75 Å². The summed E-state index contributed by atoms with van der Waals surface area (Å²) in [6.07, 6.45) is 3.54. The molecule has 0 aliphatic carbocycles. The molecule has 0 radical (unpaired) electrons. The number of hydrogen-bond acceptors (Lipinski definition) is 6. The fourth-order valence-corrected chi connectivity index (χ4v) is 6.11. The van der Waals surface area contributed by atoms with Crippen molar-refractivity contribution in [1.82, 2.24) is 18.8 Å². The summed E-state index contributed by atoms with van der Waals surface area (Å²) in [7, 11) is -0.638. The molecule has 3 heterocycles. The second kappa shape index (κ2) is 10.8. The summed E-state index contributed by atoms with van der Waals surface area (Å²) in [6.45, 7) is 5.47. The van der Waals surface area contributed by atoms with Gasteiger partial charge >= 0.3 is 0 Å². The van der Waals surface area contributed by atoms with Crippen LogP contribution in [0.2, 0.25) is 0 Å². The van der Waals surface area contributed by atoms with Crippen molar-refractivity contribution in [2.24, 2.45) is 0 Å². The topological polar surface area (TPSA) is 94.0 Å². The molecule has 0 N–H and O–H groups in total. The molecule has 9 nitrogen and oxygen atoms in total. The Morgan fingerprint density at radius 1 is 1.08 bits per heavy atom. The van der Waals surface area contributed by atoms with Crippen molar-refractivity contribution in [3.63, 3.8) is 0 Å². The maximum atomic E-state index is 13.1. The highest BCUT2D eigenvalue weighted by Crippen LogP contribution is 2.28. The molecule has 3 aromatic rings. The molecule has 0 atom stereocenters. The van der Waals surface area contributed by atoms with E-state index in [0.717, 1.165) is 17.0 Å². The van der Waals surface area contributed by atoms with Crippen LogP contribution in [0.1, 0.15) is 16.8 Å². The van der Waals surface area contributed by atoms with Crippen LogP contribution >= 0.6 is 0 Å². The Morgan fingerprint density at radius 2 is 1.78 bits per heavy atom. The summed E-state index contributed by atoms with van der Waals surface area (Å²) in [5.41, 5.74) is 4.52. The van der Waals surface area contributed by atoms with Gasteiger partial charge in [-0.05, 0) is 61.4 Å². The van der Waals surface area contributed by atoms with E-state index in [2.05, 4.69) is 15.6 Å². The number of fused-ring (bicyclic) bond motifs is 1. The quantitative estimate of drug-likeness (QED) is 0.409. The highest BCUT2D eigenvalue weighted by Gasteiger charge is 2.26. The van der Waals surface area contributed by atoms with Gasteiger partial charge in [-0.3, -0.25) is 9.78 Å². The second-order valence-corrected chi connectivity index (χ2v) is 10.9. The van der Waals surface area contributed by atoms with Crippen LogP contribution in [0, 0.1) is 13.8 Å². The maximum Gasteiger partial charge on any atom is 0.248 e. The highest BCUT2D eigenvalue weighted by molar-refractivity contribution is 7.89. The van der Waals surface area contributed by atoms with E-state index in [0.29, 0.717) is 36.5 Å². The van der Waals surface area contributed by atoms with Crippen molar-refractivity contribution in [3.05, 3.63) is 65.6 Å². The SMILES string of the molecule is COc1cc(C)c(S(=O)(=O)N(C)CCOCC(=O)N2CCn3c(ccc3-c3ccncc3)C2)c(C)c1. The smallest absolute Gasteiger partial charge is 0.248 e. The lowest BCUT2D eigenvalue weighted by Crippen LogP contribution is -2.40. The maximum absolute atomic E-state index is 13.1. The van der Waals surface area contributed by atoms with Crippen molar-refractivity contribution in [1.29, 1.82) is 0 Å². The zero-order valence-corrected chi connectivity index (χ0v) is 21.9. The normalized spacial score (nSPS) is 13.6. The molecule has 10 heteroatoms. The van der Waals surface area contributed by atoms with Crippen LogP contribution in [0.3, 0.4) is 0 Å². The van der Waals surface area contributed by atoms with E-state index < -0.39 is 10.0 Å². The first-order valence-corrected chi connectivity index (χ1v) is 13.2. The van der Waals surface area contributed by atoms with Gasteiger partial charge < -0.3 is 18.9 Å². The molecular formula is C26H32N4O5S. The summed E-state index contributed by atoms with van der Waals surface area (Å²) in [5, 5.41) is 0. The molecule has 0 unspecified atom stereocenters. The zero-order valence-electron chi connectivity index (χ0n) is 21.1. The van der Waals surface area contributed by atoms with Gasteiger partial charge in [0.25, 0.3) is 0 Å². The van der Waals surface area contributed by atoms with Gasteiger partial charge in [0.1, 0.15) is 12.4 Å². The van der Waals surface area contributed by atoms with Gasteiger partial charge in [0.05, 0.1) is 25.2 Å². The van der Waals surface area contributed by atoms with E-state index in [4.69, 9.17) is 9.47 Å². The highest BCUT2D eigenvalue weighted by atomic mass is 32.2. The monoisotopic (exact) mass is 512 g/mol. The van der Waals surface area contributed by atoms with E-state index in [1.165, 1.54) is 11.4 Å². The number of nitrogens with zero attached hydrogens (tertiary/aromatic N) is 4. The Morgan fingerprint density at radius 3 is 2.44 bits per heavy atom. The Hall–Kier alpha value is -3.21. The average Bonchev–Trinajstić information content (AvgIpc) is 3.29. The van der Waals surface area contributed by atoms with E-state index in [1.54, 1.807) is 50.4 Å². The summed E-state index contributed by atoms with van der Waals surface area (Å²) in [4.78, 5) is 18.9. The fourth-order valence-electron chi connectivity index (χ4n) is 4.55. The number of sulfonamides is 1. The van der Waals surface area contributed by atoms with Crippen molar-refractivity contribution >= 4 is 15.9 Å². The minimum absolute atomic E-state index is 0.0909. The molecule has 192 valence electrons. The summed E-state index contributed by atoms with van der Waals surface area (Å²) in [5.74, 6) is 0.507. The Kier molecular flexibility index (Phi) is 7.77. The zero-order chi connectivity index (χ0) is 25.9. The van der Waals surface area contributed by atoms with E-state index in [9.17, 15) is 13.2 Å². The fraction of sp³-hybridized carbons (Fsp3) is 0.385. The van der Waals surface area contributed by atoms with Gasteiger partial charge in [-0.25, -0.2) is 8.42 Å². The van der Waals surface area contributed by atoms with E-state index in [1.807, 2.05) is 18.2 Å². The lowest BCUT2D eigenvalue weighted by Gasteiger charge is -2.30. The molecule has 0 bridgehead atoms. The van der Waals surface area contributed by atoms with E-state index >= 15 is 0 Å². The Balaban J connectivity index is 1.29. The van der Waals surface area contributed by atoms with Crippen LogP contribution in [-0.2, 0) is 32.6 Å². The number of benzene rings is 1. The number of carbonyl (C=O) groups excluding carboxylic acids is 1. The molecule has 1 aromatic carbocycles. The molecule has 1 aliphatic rings.